The van der Waals surface area contributed by atoms with Crippen molar-refractivity contribution in [1.29, 1.82) is 0 Å². The molecule has 0 aliphatic carbocycles. The van der Waals surface area contributed by atoms with E-state index in [1.165, 1.54) is 0 Å². The fourth-order valence-corrected chi connectivity index (χ4v) is 1.84. The maximum atomic E-state index is 11.8. The van der Waals surface area contributed by atoms with Crippen LogP contribution in [0.15, 0.2) is 24.3 Å². The van der Waals surface area contributed by atoms with Crippen molar-refractivity contribution in [1.82, 2.24) is 0 Å². The van der Waals surface area contributed by atoms with Crippen LogP contribution in [0.5, 0.6) is 0 Å². The zero-order valence-corrected chi connectivity index (χ0v) is 12.9. The van der Waals surface area contributed by atoms with E-state index in [1.54, 1.807) is 38.1 Å². The number of carbonyl (C=O) groups excluding carboxylic acids is 2. The number of nitrogens with two attached hydrogens (primary N) is 1. The van der Waals surface area contributed by atoms with Crippen LogP contribution in [-0.2, 0) is 9.53 Å². The summed E-state index contributed by atoms with van der Waals surface area (Å²) >= 11 is 0. The van der Waals surface area contributed by atoms with Crippen LogP contribution in [0.3, 0.4) is 0 Å². The fraction of sp³-hybridized carbons (Fsp3) is 0.500. The van der Waals surface area contributed by atoms with Crippen LogP contribution in [0.4, 0.5) is 5.69 Å². The first-order valence-corrected chi connectivity index (χ1v) is 7.27. The van der Waals surface area contributed by atoms with Crippen LogP contribution in [-0.4, -0.2) is 24.5 Å². The average molecular weight is 292 g/mol. The van der Waals surface area contributed by atoms with Crippen molar-refractivity contribution < 1.29 is 14.3 Å². The topological polar surface area (TPSA) is 81.4 Å². The molecule has 1 amide bonds. The number of amides is 1. The molecule has 3 N–H and O–H groups in total. The van der Waals surface area contributed by atoms with Crippen molar-refractivity contribution >= 4 is 17.6 Å². The Balaban J connectivity index is 2.58. The Morgan fingerprint density at radius 3 is 2.33 bits per heavy atom. The summed E-state index contributed by atoms with van der Waals surface area (Å²) in [7, 11) is 0. The van der Waals surface area contributed by atoms with Gasteiger partial charge < -0.3 is 15.8 Å². The number of rotatable bonds is 7. The Kier molecular flexibility index (Phi) is 6.88. The third kappa shape index (κ3) is 5.95. The van der Waals surface area contributed by atoms with Crippen molar-refractivity contribution in [3.05, 3.63) is 29.8 Å². The molecule has 0 aromatic heterocycles. The lowest BCUT2D eigenvalue weighted by atomic mass is 10.0. The van der Waals surface area contributed by atoms with Gasteiger partial charge in [0, 0.05) is 12.1 Å². The Bertz CT molecular complexity index is 465. The maximum absolute atomic E-state index is 11.8. The van der Waals surface area contributed by atoms with Gasteiger partial charge in [-0.25, -0.2) is 4.79 Å². The molecule has 116 valence electrons. The molecule has 1 atom stereocenters. The minimum atomic E-state index is -0.364. The Morgan fingerprint density at radius 2 is 1.86 bits per heavy atom. The molecule has 0 heterocycles. The maximum Gasteiger partial charge on any atom is 0.338 e. The number of benzene rings is 1. The summed E-state index contributed by atoms with van der Waals surface area (Å²) in [5.41, 5.74) is 6.71. The predicted molar refractivity (Wildman–Crippen MR) is 83.1 cm³/mol. The first-order chi connectivity index (χ1) is 9.96. The van der Waals surface area contributed by atoms with Gasteiger partial charge in [-0.05, 0) is 50.6 Å². The summed E-state index contributed by atoms with van der Waals surface area (Å²) in [6.45, 7) is 6.12. The molecule has 0 bridgehead atoms. The van der Waals surface area contributed by atoms with Crippen molar-refractivity contribution in [3.8, 4) is 0 Å². The molecule has 1 rings (SSSR count). The monoisotopic (exact) mass is 292 g/mol. The number of esters is 1. The van der Waals surface area contributed by atoms with E-state index in [0.717, 1.165) is 6.42 Å². The number of anilines is 1. The Morgan fingerprint density at radius 1 is 1.24 bits per heavy atom. The number of hydrogen-bond donors (Lipinski definition) is 2. The van der Waals surface area contributed by atoms with Gasteiger partial charge in [0.1, 0.15) is 0 Å². The van der Waals surface area contributed by atoms with Gasteiger partial charge >= 0.3 is 5.97 Å². The highest BCUT2D eigenvalue weighted by molar-refractivity contribution is 5.93. The van der Waals surface area contributed by atoms with E-state index in [4.69, 9.17) is 10.5 Å². The van der Waals surface area contributed by atoms with E-state index in [1.807, 2.05) is 6.92 Å². The van der Waals surface area contributed by atoms with Crippen LogP contribution in [0, 0.1) is 5.92 Å². The van der Waals surface area contributed by atoms with Crippen molar-refractivity contribution in [2.75, 3.05) is 11.9 Å². The first kappa shape index (κ1) is 17.2. The summed E-state index contributed by atoms with van der Waals surface area (Å²) in [5.74, 6) is -0.229. The van der Waals surface area contributed by atoms with E-state index in [-0.39, 0.29) is 23.9 Å². The molecule has 0 aliphatic rings. The predicted octanol–water partition coefficient (Wildman–Crippen LogP) is 2.57. The number of carbonyl (C=O) groups is 2. The normalized spacial score (nSPS) is 12.0. The van der Waals surface area contributed by atoms with E-state index >= 15 is 0 Å². The van der Waals surface area contributed by atoms with Gasteiger partial charge in [-0.2, -0.15) is 0 Å². The van der Waals surface area contributed by atoms with Crippen LogP contribution in [0.2, 0.25) is 0 Å². The van der Waals surface area contributed by atoms with Crippen LogP contribution in [0.1, 0.15) is 44.0 Å². The lowest BCUT2D eigenvalue weighted by Gasteiger charge is -2.12. The molecular weight excluding hydrogens is 268 g/mol. The second-order valence-corrected chi connectivity index (χ2v) is 5.29. The minimum Gasteiger partial charge on any atom is -0.459 e. The molecule has 0 saturated heterocycles. The van der Waals surface area contributed by atoms with E-state index < -0.39 is 0 Å². The van der Waals surface area contributed by atoms with Crippen LogP contribution < -0.4 is 11.1 Å². The summed E-state index contributed by atoms with van der Waals surface area (Å²) in [6.07, 6.45) is 1.13. The lowest BCUT2D eigenvalue weighted by Crippen LogP contribution is -2.21. The van der Waals surface area contributed by atoms with Crippen molar-refractivity contribution in [2.24, 2.45) is 11.7 Å². The lowest BCUT2D eigenvalue weighted by molar-refractivity contribution is -0.117. The summed E-state index contributed by atoms with van der Waals surface area (Å²) in [4.78, 5) is 23.5. The molecule has 21 heavy (non-hydrogen) atoms. The third-order valence-electron chi connectivity index (χ3n) is 3.13. The smallest absolute Gasteiger partial charge is 0.338 e. The van der Waals surface area contributed by atoms with Gasteiger partial charge in [0.25, 0.3) is 0 Å². The fourth-order valence-electron chi connectivity index (χ4n) is 1.84. The second-order valence-electron chi connectivity index (χ2n) is 5.29. The van der Waals surface area contributed by atoms with Gasteiger partial charge in [-0.15, -0.1) is 0 Å². The molecule has 0 radical (unpaired) electrons. The highest BCUT2D eigenvalue weighted by Gasteiger charge is 2.12. The molecule has 0 fully saturated rings. The molecule has 1 aromatic rings. The number of hydrogen-bond acceptors (Lipinski definition) is 4. The van der Waals surface area contributed by atoms with Crippen LogP contribution >= 0.6 is 0 Å². The van der Waals surface area contributed by atoms with Crippen molar-refractivity contribution in [3.63, 3.8) is 0 Å². The van der Waals surface area contributed by atoms with Gasteiger partial charge in [0.2, 0.25) is 5.91 Å². The van der Waals surface area contributed by atoms with E-state index in [0.29, 0.717) is 24.2 Å². The largest absolute Gasteiger partial charge is 0.459 e. The standard InChI is InChI=1S/C16H24N2O3/c1-4-12(10-17)9-15(19)18-14-7-5-13(6-8-14)16(20)21-11(2)3/h5-8,11-12H,4,9-10,17H2,1-3H3,(H,18,19). The third-order valence-corrected chi connectivity index (χ3v) is 3.13. The molecular formula is C16H24N2O3. The zero-order chi connectivity index (χ0) is 15.8. The average Bonchev–Trinajstić information content (AvgIpc) is 2.44. The van der Waals surface area contributed by atoms with Gasteiger partial charge in [-0.3, -0.25) is 4.79 Å². The Labute approximate surface area is 125 Å². The van der Waals surface area contributed by atoms with E-state index in [2.05, 4.69) is 5.32 Å². The van der Waals surface area contributed by atoms with Crippen LogP contribution in [0.25, 0.3) is 0 Å². The minimum absolute atomic E-state index is 0.0650. The highest BCUT2D eigenvalue weighted by atomic mass is 16.5. The molecule has 1 aromatic carbocycles. The highest BCUT2D eigenvalue weighted by Crippen LogP contribution is 2.13. The number of ether oxygens (including phenoxy) is 1. The van der Waals surface area contributed by atoms with Gasteiger partial charge in [0.15, 0.2) is 0 Å². The SMILES string of the molecule is CCC(CN)CC(=O)Nc1ccc(C(=O)OC(C)C)cc1. The second kappa shape index (κ2) is 8.42. The summed E-state index contributed by atoms with van der Waals surface area (Å²) in [5, 5.41) is 2.80. The molecule has 0 aliphatic heterocycles. The summed E-state index contributed by atoms with van der Waals surface area (Å²) in [6, 6.07) is 6.66. The molecule has 5 heteroatoms. The molecule has 5 nitrogen and oxygen atoms in total. The number of nitrogens with one attached hydrogen (secondary N) is 1. The zero-order valence-electron chi connectivity index (χ0n) is 12.9. The molecule has 0 saturated carbocycles. The van der Waals surface area contributed by atoms with Crippen molar-refractivity contribution in [2.45, 2.75) is 39.7 Å². The quantitative estimate of drug-likeness (QED) is 0.757. The Hall–Kier alpha value is -1.88. The first-order valence-electron chi connectivity index (χ1n) is 7.27. The van der Waals surface area contributed by atoms with Gasteiger partial charge in [0.05, 0.1) is 11.7 Å². The van der Waals surface area contributed by atoms with Gasteiger partial charge in [-0.1, -0.05) is 13.3 Å². The molecule has 1 unspecified atom stereocenters. The molecule has 0 spiro atoms. The van der Waals surface area contributed by atoms with E-state index in [9.17, 15) is 9.59 Å². The summed E-state index contributed by atoms with van der Waals surface area (Å²) < 4.78 is 5.10.